The average molecular weight is 373 g/mol. The van der Waals surface area contributed by atoms with E-state index in [2.05, 4.69) is 4.90 Å². The van der Waals surface area contributed by atoms with Crippen molar-refractivity contribution < 1.29 is 24.1 Å². The van der Waals surface area contributed by atoms with Gasteiger partial charge in [-0.05, 0) is 60.7 Å². The first-order valence-corrected chi connectivity index (χ1v) is 9.52. The number of nitrogens with zero attached hydrogens (tertiary/aromatic N) is 1. The molecular weight excluding hydrogens is 349 g/mol. The van der Waals surface area contributed by atoms with Gasteiger partial charge < -0.3 is 14.9 Å². The van der Waals surface area contributed by atoms with Crippen LogP contribution in [0.15, 0.2) is 30.3 Å². The highest BCUT2D eigenvalue weighted by Gasteiger charge is 2.35. The summed E-state index contributed by atoms with van der Waals surface area (Å²) in [4.78, 5) is 13.2. The van der Waals surface area contributed by atoms with Crippen LogP contribution in [0.2, 0.25) is 0 Å². The van der Waals surface area contributed by atoms with Crippen molar-refractivity contribution in [1.29, 1.82) is 0 Å². The number of aliphatic hydroxyl groups is 1. The second-order valence-electron chi connectivity index (χ2n) is 7.63. The molecule has 0 amide bonds. The molecule has 1 heterocycles. The predicted octanol–water partition coefficient (Wildman–Crippen LogP) is 3.18. The molecule has 1 saturated carbocycles. The number of aliphatic carboxylic acids is 1. The van der Waals surface area contributed by atoms with Gasteiger partial charge in [0.15, 0.2) is 0 Å². The predicted molar refractivity (Wildman–Crippen MR) is 99.2 cm³/mol. The monoisotopic (exact) mass is 373 g/mol. The van der Waals surface area contributed by atoms with Gasteiger partial charge in [-0.25, -0.2) is 4.39 Å². The highest BCUT2D eigenvalue weighted by atomic mass is 19.1. The number of rotatable bonds is 6. The summed E-state index contributed by atoms with van der Waals surface area (Å²) < 4.78 is 19.9. The maximum Gasteiger partial charge on any atom is 0.307 e. The lowest BCUT2D eigenvalue weighted by molar-refractivity contribution is -0.136. The maximum atomic E-state index is 13.7. The van der Waals surface area contributed by atoms with Gasteiger partial charge in [-0.15, -0.1) is 0 Å². The van der Waals surface area contributed by atoms with Crippen LogP contribution < -0.4 is 4.74 Å². The number of fused-ring (bicyclic) bond motifs is 1. The van der Waals surface area contributed by atoms with E-state index >= 15 is 0 Å². The lowest BCUT2D eigenvalue weighted by Crippen LogP contribution is -2.45. The molecule has 5 nitrogen and oxygen atoms in total. The molecule has 2 N–H and O–H groups in total. The molecule has 1 saturated heterocycles. The van der Waals surface area contributed by atoms with Gasteiger partial charge in [-0.3, -0.25) is 9.69 Å². The average Bonchev–Trinajstić information content (AvgIpc) is 3.47. The Morgan fingerprint density at radius 1 is 1.19 bits per heavy atom. The highest BCUT2D eigenvalue weighted by molar-refractivity contribution is 5.90. The summed E-state index contributed by atoms with van der Waals surface area (Å²) in [6.45, 7) is 1.53. The molecule has 2 aromatic rings. The summed E-state index contributed by atoms with van der Waals surface area (Å²) in [5.41, 5.74) is 0.637. The normalized spacial score (nSPS) is 19.9. The van der Waals surface area contributed by atoms with Crippen LogP contribution in [0.1, 0.15) is 31.2 Å². The number of aliphatic hydroxyl groups excluding tert-OH is 1. The third-order valence-corrected chi connectivity index (χ3v) is 5.48. The molecule has 27 heavy (non-hydrogen) atoms. The minimum absolute atomic E-state index is 0.0285. The van der Waals surface area contributed by atoms with Crippen LogP contribution >= 0.6 is 0 Å². The van der Waals surface area contributed by atoms with E-state index < -0.39 is 5.97 Å². The SMILES string of the molecule is O=C(O)Cc1cc(OC2CCN(C(O)C3CC3)CC2)c2cc(F)ccc2c1. The Labute approximate surface area is 157 Å². The molecular formula is C21H24FNO4. The van der Waals surface area contributed by atoms with Gasteiger partial charge in [-0.2, -0.15) is 0 Å². The molecule has 0 bridgehead atoms. The number of halogens is 1. The first kappa shape index (κ1) is 18.2. The van der Waals surface area contributed by atoms with Gasteiger partial charge in [0.2, 0.25) is 0 Å². The topological polar surface area (TPSA) is 70.0 Å². The molecule has 1 aliphatic carbocycles. The third-order valence-electron chi connectivity index (χ3n) is 5.48. The van der Waals surface area contributed by atoms with Crippen LogP contribution in [0.3, 0.4) is 0 Å². The van der Waals surface area contributed by atoms with Gasteiger partial charge >= 0.3 is 5.97 Å². The van der Waals surface area contributed by atoms with Crippen LogP contribution in [-0.4, -0.2) is 46.5 Å². The standard InChI is InChI=1S/C21H24FNO4/c22-16-4-3-15-9-13(11-20(24)25)10-19(18(15)12-16)27-17-5-7-23(8-6-17)21(26)14-1-2-14/h3-4,9-10,12,14,17,21,26H,1-2,5-8,11H2,(H,24,25). The number of hydrogen-bond acceptors (Lipinski definition) is 4. The zero-order chi connectivity index (χ0) is 19.0. The molecule has 2 fully saturated rings. The van der Waals surface area contributed by atoms with Crippen molar-refractivity contribution in [3.8, 4) is 5.75 Å². The Hall–Kier alpha value is -2.18. The van der Waals surface area contributed by atoms with Crippen LogP contribution in [0.25, 0.3) is 10.8 Å². The molecule has 0 aromatic heterocycles. The summed E-state index contributed by atoms with van der Waals surface area (Å²) in [5.74, 6) is -0.308. The summed E-state index contributed by atoms with van der Waals surface area (Å²) in [5, 5.41) is 20.8. The van der Waals surface area contributed by atoms with Crippen molar-refractivity contribution in [2.75, 3.05) is 13.1 Å². The first-order valence-electron chi connectivity index (χ1n) is 9.52. The van der Waals surface area contributed by atoms with E-state index in [-0.39, 0.29) is 24.6 Å². The van der Waals surface area contributed by atoms with Crippen molar-refractivity contribution >= 4 is 16.7 Å². The minimum atomic E-state index is -0.912. The van der Waals surface area contributed by atoms with Gasteiger partial charge in [0.25, 0.3) is 0 Å². The minimum Gasteiger partial charge on any atom is -0.490 e. The zero-order valence-corrected chi connectivity index (χ0v) is 15.1. The van der Waals surface area contributed by atoms with Gasteiger partial charge in [0.1, 0.15) is 23.9 Å². The number of likely N-dealkylation sites (tertiary alicyclic amines) is 1. The Kier molecular flexibility index (Phi) is 5.02. The number of piperidine rings is 1. The van der Waals surface area contributed by atoms with Gasteiger partial charge in [0.05, 0.1) is 6.42 Å². The van der Waals surface area contributed by atoms with E-state index in [4.69, 9.17) is 9.84 Å². The first-order chi connectivity index (χ1) is 13.0. The largest absolute Gasteiger partial charge is 0.490 e. The number of carbonyl (C=O) groups is 1. The van der Waals surface area contributed by atoms with Crippen molar-refractivity contribution in [3.63, 3.8) is 0 Å². The van der Waals surface area contributed by atoms with Gasteiger partial charge in [-0.1, -0.05) is 12.1 Å². The number of benzene rings is 2. The molecule has 2 aliphatic rings. The van der Waals surface area contributed by atoms with E-state index in [9.17, 15) is 14.3 Å². The Bertz CT molecular complexity index is 843. The fourth-order valence-corrected chi connectivity index (χ4v) is 3.86. The molecule has 4 rings (SSSR count). The highest BCUT2D eigenvalue weighted by Crippen LogP contribution is 2.36. The molecule has 1 aliphatic heterocycles. The maximum absolute atomic E-state index is 13.7. The van der Waals surface area contributed by atoms with E-state index in [0.29, 0.717) is 22.6 Å². The fraction of sp³-hybridized carbons (Fsp3) is 0.476. The molecule has 6 heteroatoms. The van der Waals surface area contributed by atoms with E-state index in [1.54, 1.807) is 18.2 Å². The third kappa shape index (κ3) is 4.22. The molecule has 0 radical (unpaired) electrons. The van der Waals surface area contributed by atoms with Gasteiger partial charge in [0, 0.05) is 18.5 Å². The van der Waals surface area contributed by atoms with E-state index in [1.807, 2.05) is 0 Å². The number of carboxylic acids is 1. The Morgan fingerprint density at radius 2 is 1.93 bits per heavy atom. The number of ether oxygens (including phenoxy) is 1. The molecule has 0 spiro atoms. The van der Waals surface area contributed by atoms with Crippen LogP contribution in [0, 0.1) is 11.7 Å². The Balaban J connectivity index is 1.52. The summed E-state index contributed by atoms with van der Waals surface area (Å²) in [7, 11) is 0. The number of hydrogen-bond donors (Lipinski definition) is 2. The molecule has 1 atom stereocenters. The van der Waals surface area contributed by atoms with Crippen molar-refractivity contribution in [1.82, 2.24) is 4.90 Å². The molecule has 144 valence electrons. The zero-order valence-electron chi connectivity index (χ0n) is 15.1. The van der Waals surface area contributed by atoms with E-state index in [0.717, 1.165) is 44.2 Å². The second kappa shape index (κ2) is 7.44. The van der Waals surface area contributed by atoms with Crippen LogP contribution in [0.5, 0.6) is 5.75 Å². The van der Waals surface area contributed by atoms with Crippen molar-refractivity contribution in [3.05, 3.63) is 41.7 Å². The van der Waals surface area contributed by atoms with Crippen LogP contribution in [-0.2, 0) is 11.2 Å². The molecule has 2 aromatic carbocycles. The second-order valence-corrected chi connectivity index (χ2v) is 7.63. The summed E-state index contributed by atoms with van der Waals surface area (Å²) in [6.07, 6.45) is 3.29. The summed E-state index contributed by atoms with van der Waals surface area (Å²) in [6, 6.07) is 7.93. The fourth-order valence-electron chi connectivity index (χ4n) is 3.86. The van der Waals surface area contributed by atoms with Crippen molar-refractivity contribution in [2.24, 2.45) is 5.92 Å². The lowest BCUT2D eigenvalue weighted by Gasteiger charge is -2.35. The smallest absolute Gasteiger partial charge is 0.307 e. The Morgan fingerprint density at radius 3 is 2.59 bits per heavy atom. The van der Waals surface area contributed by atoms with Crippen molar-refractivity contribution in [2.45, 2.75) is 44.4 Å². The number of carboxylic acid groups (broad SMARTS) is 1. The van der Waals surface area contributed by atoms with Crippen LogP contribution in [0.4, 0.5) is 4.39 Å². The van der Waals surface area contributed by atoms with E-state index in [1.165, 1.54) is 12.1 Å². The quantitative estimate of drug-likeness (QED) is 0.814. The summed E-state index contributed by atoms with van der Waals surface area (Å²) >= 11 is 0. The lowest BCUT2D eigenvalue weighted by atomic mass is 10.0. The molecule has 1 unspecified atom stereocenters.